The second-order valence-electron chi connectivity index (χ2n) is 2.99. The maximum absolute atomic E-state index is 5.89. The van der Waals surface area contributed by atoms with E-state index in [0.717, 1.165) is 21.3 Å². The Kier molecular flexibility index (Phi) is 2.56. The van der Waals surface area contributed by atoms with E-state index in [9.17, 15) is 0 Å². The normalized spacial score (nSPS) is 13.1. The molecule has 0 aliphatic carbocycles. The zero-order valence-corrected chi connectivity index (χ0v) is 9.39. The molecule has 0 bridgehead atoms. The minimum atomic E-state index is -0.100. The Balaban J connectivity index is 2.39. The van der Waals surface area contributed by atoms with Crippen molar-refractivity contribution in [1.29, 1.82) is 0 Å². The van der Waals surface area contributed by atoms with Crippen molar-refractivity contribution >= 4 is 22.9 Å². The number of hydrogen-bond acceptors (Lipinski definition) is 4. The first kappa shape index (κ1) is 9.68. The molecule has 0 aliphatic rings. The van der Waals surface area contributed by atoms with Gasteiger partial charge in [-0.1, -0.05) is 11.3 Å². The summed E-state index contributed by atoms with van der Waals surface area (Å²) in [6.45, 7) is 3.85. The van der Waals surface area contributed by atoms with Gasteiger partial charge in [-0.3, -0.25) is 0 Å². The smallest absolute Gasteiger partial charge is 0.183 e. The summed E-state index contributed by atoms with van der Waals surface area (Å²) in [4.78, 5) is 0. The predicted octanol–water partition coefficient (Wildman–Crippen LogP) is 3.41. The van der Waals surface area contributed by atoms with Crippen molar-refractivity contribution in [3.63, 3.8) is 0 Å². The first-order valence-corrected chi connectivity index (χ1v) is 5.45. The molecule has 0 saturated carbocycles. The lowest BCUT2D eigenvalue weighted by atomic mass is 10.3. The highest BCUT2D eigenvalue weighted by molar-refractivity contribution is 7.14. The largest absolute Gasteiger partial charge is 0.461 e. The molecular weight excluding hydrogens is 220 g/mol. The molecule has 0 N–H and O–H groups in total. The summed E-state index contributed by atoms with van der Waals surface area (Å²) in [5.41, 5.74) is 1.06. The number of aromatic nitrogens is 2. The van der Waals surface area contributed by atoms with Crippen LogP contribution in [0, 0.1) is 6.92 Å². The number of halogens is 1. The highest BCUT2D eigenvalue weighted by atomic mass is 35.5. The van der Waals surface area contributed by atoms with Gasteiger partial charge in [0, 0.05) is 0 Å². The monoisotopic (exact) mass is 228 g/mol. The molecule has 2 rings (SSSR count). The Morgan fingerprint density at radius 2 is 2.29 bits per heavy atom. The molecule has 0 spiro atoms. The van der Waals surface area contributed by atoms with Crippen LogP contribution in [0.1, 0.15) is 22.9 Å². The molecular formula is C9H9ClN2OS. The molecule has 5 heteroatoms. The van der Waals surface area contributed by atoms with E-state index in [4.69, 9.17) is 16.0 Å². The zero-order valence-electron chi connectivity index (χ0n) is 7.82. The van der Waals surface area contributed by atoms with Gasteiger partial charge in [0.1, 0.15) is 5.01 Å². The quantitative estimate of drug-likeness (QED) is 0.740. The van der Waals surface area contributed by atoms with Gasteiger partial charge < -0.3 is 4.42 Å². The number of furan rings is 1. The van der Waals surface area contributed by atoms with Crippen LogP contribution < -0.4 is 0 Å². The molecule has 0 radical (unpaired) electrons. The molecule has 0 amide bonds. The summed E-state index contributed by atoms with van der Waals surface area (Å²) in [6.07, 6.45) is 1.65. The first-order valence-electron chi connectivity index (χ1n) is 4.20. The van der Waals surface area contributed by atoms with Gasteiger partial charge in [0.25, 0.3) is 0 Å². The van der Waals surface area contributed by atoms with Crippen molar-refractivity contribution in [2.24, 2.45) is 0 Å². The summed E-state index contributed by atoms with van der Waals surface area (Å²) in [7, 11) is 0. The summed E-state index contributed by atoms with van der Waals surface area (Å²) >= 11 is 7.36. The van der Waals surface area contributed by atoms with Gasteiger partial charge >= 0.3 is 0 Å². The van der Waals surface area contributed by atoms with Gasteiger partial charge in [0.2, 0.25) is 0 Å². The van der Waals surface area contributed by atoms with Crippen molar-refractivity contribution < 1.29 is 4.42 Å². The van der Waals surface area contributed by atoms with Crippen LogP contribution in [-0.4, -0.2) is 10.2 Å². The summed E-state index contributed by atoms with van der Waals surface area (Å²) in [5.74, 6) is 0.783. The summed E-state index contributed by atoms with van der Waals surface area (Å²) in [5, 5.41) is 9.52. The van der Waals surface area contributed by atoms with Gasteiger partial charge in [-0.25, -0.2) is 0 Å². The highest BCUT2D eigenvalue weighted by Gasteiger charge is 2.14. The topological polar surface area (TPSA) is 38.9 Å². The van der Waals surface area contributed by atoms with Crippen LogP contribution in [0.25, 0.3) is 10.8 Å². The molecule has 74 valence electrons. The molecule has 0 aliphatic heterocycles. The Bertz CT molecular complexity index is 435. The van der Waals surface area contributed by atoms with Crippen LogP contribution in [-0.2, 0) is 0 Å². The molecule has 0 aromatic carbocycles. The van der Waals surface area contributed by atoms with Gasteiger partial charge in [0.05, 0.1) is 11.6 Å². The molecule has 2 aromatic heterocycles. The fraction of sp³-hybridized carbons (Fsp3) is 0.333. The minimum Gasteiger partial charge on any atom is -0.461 e. The van der Waals surface area contributed by atoms with E-state index >= 15 is 0 Å². The number of hydrogen-bond donors (Lipinski definition) is 0. The lowest BCUT2D eigenvalue weighted by molar-refractivity contribution is 0.579. The van der Waals surface area contributed by atoms with E-state index < -0.39 is 0 Å². The maximum atomic E-state index is 5.89. The van der Waals surface area contributed by atoms with Crippen molar-refractivity contribution in [2.45, 2.75) is 19.2 Å². The molecule has 1 unspecified atom stereocenters. The van der Waals surface area contributed by atoms with Gasteiger partial charge in [-0.2, -0.15) is 0 Å². The number of rotatable bonds is 2. The van der Waals surface area contributed by atoms with Crippen LogP contribution in [0.4, 0.5) is 0 Å². The molecule has 0 fully saturated rings. The van der Waals surface area contributed by atoms with Crippen molar-refractivity contribution in [3.05, 3.63) is 22.9 Å². The Labute approximate surface area is 90.7 Å². The van der Waals surface area contributed by atoms with E-state index in [0.29, 0.717) is 0 Å². The van der Waals surface area contributed by atoms with E-state index in [2.05, 4.69) is 10.2 Å². The van der Waals surface area contributed by atoms with Crippen molar-refractivity contribution in [3.8, 4) is 10.8 Å². The van der Waals surface area contributed by atoms with Gasteiger partial charge in [-0.15, -0.1) is 21.8 Å². The van der Waals surface area contributed by atoms with Crippen LogP contribution in [0.15, 0.2) is 16.7 Å². The van der Waals surface area contributed by atoms with E-state index in [1.165, 1.54) is 11.3 Å². The average molecular weight is 229 g/mol. The van der Waals surface area contributed by atoms with Crippen molar-refractivity contribution in [2.75, 3.05) is 0 Å². The first-order chi connectivity index (χ1) is 6.68. The standard InChI is InChI=1S/C9H9ClN2OS/c1-5-3-4-13-7(5)9-12-11-8(14-9)6(2)10/h3-4,6H,1-2H3. The average Bonchev–Trinajstić information content (AvgIpc) is 2.71. The van der Waals surface area contributed by atoms with E-state index in [1.54, 1.807) is 6.26 Å². The highest BCUT2D eigenvalue weighted by Crippen LogP contribution is 2.31. The Morgan fingerprint density at radius 1 is 1.50 bits per heavy atom. The Morgan fingerprint density at radius 3 is 2.79 bits per heavy atom. The third-order valence-corrected chi connectivity index (χ3v) is 3.28. The zero-order chi connectivity index (χ0) is 10.1. The fourth-order valence-corrected chi connectivity index (χ4v) is 2.08. The van der Waals surface area contributed by atoms with Crippen LogP contribution in [0.5, 0.6) is 0 Å². The van der Waals surface area contributed by atoms with E-state index in [1.807, 2.05) is 19.9 Å². The molecule has 14 heavy (non-hydrogen) atoms. The van der Waals surface area contributed by atoms with E-state index in [-0.39, 0.29) is 5.38 Å². The molecule has 0 saturated heterocycles. The third-order valence-electron chi connectivity index (χ3n) is 1.84. The fourth-order valence-electron chi connectivity index (χ4n) is 1.08. The number of alkyl halides is 1. The number of nitrogens with zero attached hydrogens (tertiary/aromatic N) is 2. The minimum absolute atomic E-state index is 0.100. The Hall–Kier alpha value is -0.870. The van der Waals surface area contributed by atoms with Crippen LogP contribution >= 0.6 is 22.9 Å². The summed E-state index contributed by atoms with van der Waals surface area (Å²) in [6, 6.07) is 1.90. The summed E-state index contributed by atoms with van der Waals surface area (Å²) < 4.78 is 5.31. The third kappa shape index (κ3) is 1.67. The second kappa shape index (κ2) is 3.71. The van der Waals surface area contributed by atoms with Crippen LogP contribution in [0.2, 0.25) is 0 Å². The van der Waals surface area contributed by atoms with Gasteiger partial charge in [0.15, 0.2) is 10.8 Å². The molecule has 2 aromatic rings. The lowest BCUT2D eigenvalue weighted by Gasteiger charge is -1.91. The van der Waals surface area contributed by atoms with Crippen molar-refractivity contribution in [1.82, 2.24) is 10.2 Å². The molecule has 1 atom stereocenters. The SMILES string of the molecule is Cc1ccoc1-c1nnc(C(C)Cl)s1. The molecule has 2 heterocycles. The number of aryl methyl sites for hydroxylation is 1. The predicted molar refractivity (Wildman–Crippen MR) is 56.6 cm³/mol. The lowest BCUT2D eigenvalue weighted by Crippen LogP contribution is -1.80. The maximum Gasteiger partial charge on any atom is 0.183 e. The van der Waals surface area contributed by atoms with Gasteiger partial charge in [-0.05, 0) is 25.5 Å². The second-order valence-corrected chi connectivity index (χ2v) is 4.66. The molecule has 3 nitrogen and oxygen atoms in total. The van der Waals surface area contributed by atoms with Crippen LogP contribution in [0.3, 0.4) is 0 Å².